The highest BCUT2D eigenvalue weighted by atomic mass is 16.5. The van der Waals surface area contributed by atoms with Crippen molar-refractivity contribution in [2.45, 2.75) is 0 Å². The molecule has 88 valence electrons. The molecule has 0 bridgehead atoms. The topological polar surface area (TPSA) is 47.9 Å². The van der Waals surface area contributed by atoms with Crippen molar-refractivity contribution in [2.75, 3.05) is 7.11 Å². The van der Waals surface area contributed by atoms with E-state index in [0.29, 0.717) is 11.7 Å². The molecule has 0 N–H and O–H groups in total. The minimum Gasteiger partial charge on any atom is -0.467 e. The zero-order valence-corrected chi connectivity index (χ0v) is 9.87. The summed E-state index contributed by atoms with van der Waals surface area (Å²) in [4.78, 5) is 12.8. The van der Waals surface area contributed by atoms with Crippen LogP contribution in [0.5, 0.6) is 6.01 Å². The van der Waals surface area contributed by atoms with E-state index in [0.717, 1.165) is 16.6 Å². The summed E-state index contributed by atoms with van der Waals surface area (Å²) >= 11 is 0. The molecule has 0 aliphatic heterocycles. The van der Waals surface area contributed by atoms with E-state index in [1.807, 2.05) is 42.5 Å². The molecule has 0 saturated carbocycles. The van der Waals surface area contributed by atoms with Crippen LogP contribution in [-0.2, 0) is 0 Å². The molecule has 4 heteroatoms. The maximum absolute atomic E-state index is 5.01. The van der Waals surface area contributed by atoms with Crippen LogP contribution >= 0.6 is 0 Å². The van der Waals surface area contributed by atoms with E-state index in [1.165, 1.54) is 0 Å². The molecule has 0 radical (unpaired) electrons. The Labute approximate surface area is 104 Å². The van der Waals surface area contributed by atoms with Gasteiger partial charge in [-0.3, -0.25) is 0 Å². The third-order valence-corrected chi connectivity index (χ3v) is 2.67. The van der Waals surface area contributed by atoms with Crippen molar-refractivity contribution in [3.8, 4) is 17.3 Å². The average molecular weight is 237 g/mol. The Bertz CT molecular complexity index is 683. The number of nitrogens with zero attached hydrogens (tertiary/aromatic N) is 3. The van der Waals surface area contributed by atoms with Gasteiger partial charge >= 0.3 is 6.01 Å². The minimum absolute atomic E-state index is 0.334. The first kappa shape index (κ1) is 10.7. The molecule has 3 aromatic rings. The van der Waals surface area contributed by atoms with Crippen molar-refractivity contribution in [3.05, 3.63) is 48.7 Å². The standard InChI is InChI=1S/C14H11N3O/c1-18-14-15-9-11-7-8-12(16-13(11)17-14)10-5-3-2-4-6-10/h2-9H,1H3. The van der Waals surface area contributed by atoms with Gasteiger partial charge in [-0.05, 0) is 12.1 Å². The van der Waals surface area contributed by atoms with Gasteiger partial charge in [-0.1, -0.05) is 30.3 Å². The molecular formula is C14H11N3O. The van der Waals surface area contributed by atoms with Crippen LogP contribution in [-0.4, -0.2) is 22.1 Å². The van der Waals surface area contributed by atoms with E-state index in [9.17, 15) is 0 Å². The SMILES string of the molecule is COc1ncc2ccc(-c3ccccc3)nc2n1. The monoisotopic (exact) mass is 237 g/mol. The first-order chi connectivity index (χ1) is 8.86. The number of methoxy groups -OCH3 is 1. The predicted molar refractivity (Wildman–Crippen MR) is 69.3 cm³/mol. The highest BCUT2D eigenvalue weighted by Gasteiger charge is 2.04. The zero-order valence-electron chi connectivity index (χ0n) is 9.87. The number of hydrogen-bond acceptors (Lipinski definition) is 4. The Kier molecular flexibility index (Phi) is 2.61. The van der Waals surface area contributed by atoms with Crippen molar-refractivity contribution in [1.29, 1.82) is 0 Å². The Morgan fingerprint density at radius 1 is 0.944 bits per heavy atom. The maximum atomic E-state index is 5.01. The summed E-state index contributed by atoms with van der Waals surface area (Å²) in [6.45, 7) is 0. The van der Waals surface area contributed by atoms with Crippen LogP contribution in [0.15, 0.2) is 48.7 Å². The molecule has 0 saturated heterocycles. The molecule has 0 fully saturated rings. The van der Waals surface area contributed by atoms with Crippen LogP contribution in [0.4, 0.5) is 0 Å². The second kappa shape index (κ2) is 4.41. The zero-order chi connectivity index (χ0) is 12.4. The van der Waals surface area contributed by atoms with E-state index < -0.39 is 0 Å². The summed E-state index contributed by atoms with van der Waals surface area (Å²) in [6.07, 6.45) is 1.71. The van der Waals surface area contributed by atoms with Crippen LogP contribution in [0.3, 0.4) is 0 Å². The van der Waals surface area contributed by atoms with Crippen molar-refractivity contribution in [2.24, 2.45) is 0 Å². The smallest absolute Gasteiger partial charge is 0.318 e. The molecule has 0 atom stereocenters. The van der Waals surface area contributed by atoms with E-state index in [2.05, 4.69) is 15.0 Å². The third kappa shape index (κ3) is 1.88. The summed E-state index contributed by atoms with van der Waals surface area (Å²) in [7, 11) is 1.54. The number of aromatic nitrogens is 3. The summed E-state index contributed by atoms with van der Waals surface area (Å²) in [6, 6.07) is 14.3. The van der Waals surface area contributed by atoms with E-state index in [4.69, 9.17) is 4.74 Å². The molecule has 2 aromatic heterocycles. The summed E-state index contributed by atoms with van der Waals surface area (Å²) in [5, 5.41) is 0.899. The lowest BCUT2D eigenvalue weighted by atomic mass is 10.1. The van der Waals surface area contributed by atoms with Crippen molar-refractivity contribution in [1.82, 2.24) is 15.0 Å². The van der Waals surface area contributed by atoms with Gasteiger partial charge in [0.25, 0.3) is 0 Å². The first-order valence-electron chi connectivity index (χ1n) is 5.60. The molecule has 2 heterocycles. The Hall–Kier alpha value is -2.49. The lowest BCUT2D eigenvalue weighted by molar-refractivity contribution is 0.381. The highest BCUT2D eigenvalue weighted by molar-refractivity contribution is 5.77. The number of ether oxygens (including phenoxy) is 1. The molecular weight excluding hydrogens is 226 g/mol. The number of pyridine rings is 1. The van der Waals surface area contributed by atoms with Gasteiger partial charge in [-0.2, -0.15) is 4.98 Å². The van der Waals surface area contributed by atoms with Gasteiger partial charge in [0.05, 0.1) is 12.8 Å². The quantitative estimate of drug-likeness (QED) is 0.687. The van der Waals surface area contributed by atoms with E-state index >= 15 is 0 Å². The van der Waals surface area contributed by atoms with E-state index in [1.54, 1.807) is 13.3 Å². The van der Waals surface area contributed by atoms with Crippen LogP contribution in [0, 0.1) is 0 Å². The third-order valence-electron chi connectivity index (χ3n) is 2.67. The normalized spacial score (nSPS) is 10.5. The largest absolute Gasteiger partial charge is 0.467 e. The van der Waals surface area contributed by atoms with Crippen molar-refractivity contribution >= 4 is 11.0 Å². The minimum atomic E-state index is 0.334. The van der Waals surface area contributed by atoms with Gasteiger partial charge < -0.3 is 4.74 Å². The van der Waals surface area contributed by atoms with Gasteiger partial charge in [0.1, 0.15) is 0 Å². The fourth-order valence-electron chi connectivity index (χ4n) is 1.76. The lowest BCUT2D eigenvalue weighted by Gasteiger charge is -2.03. The van der Waals surface area contributed by atoms with Crippen LogP contribution in [0.25, 0.3) is 22.3 Å². The van der Waals surface area contributed by atoms with Gasteiger partial charge in [0, 0.05) is 17.1 Å². The van der Waals surface area contributed by atoms with Gasteiger partial charge in [-0.15, -0.1) is 0 Å². The Morgan fingerprint density at radius 2 is 1.78 bits per heavy atom. The van der Waals surface area contributed by atoms with Crippen LogP contribution < -0.4 is 4.74 Å². The number of rotatable bonds is 2. The number of benzene rings is 1. The van der Waals surface area contributed by atoms with Crippen molar-refractivity contribution < 1.29 is 4.74 Å². The Morgan fingerprint density at radius 3 is 2.56 bits per heavy atom. The first-order valence-corrected chi connectivity index (χ1v) is 5.60. The summed E-state index contributed by atoms with van der Waals surface area (Å²) in [5.74, 6) is 0. The molecule has 0 spiro atoms. The van der Waals surface area contributed by atoms with E-state index in [-0.39, 0.29) is 0 Å². The maximum Gasteiger partial charge on any atom is 0.318 e. The summed E-state index contributed by atoms with van der Waals surface area (Å²) < 4.78 is 5.01. The molecule has 1 aromatic carbocycles. The predicted octanol–water partition coefficient (Wildman–Crippen LogP) is 2.70. The van der Waals surface area contributed by atoms with Crippen LogP contribution in [0.1, 0.15) is 0 Å². The van der Waals surface area contributed by atoms with Gasteiger partial charge in [-0.25, -0.2) is 9.97 Å². The molecule has 0 amide bonds. The molecule has 0 aliphatic rings. The Balaban J connectivity index is 2.15. The molecule has 4 nitrogen and oxygen atoms in total. The van der Waals surface area contributed by atoms with Crippen LogP contribution in [0.2, 0.25) is 0 Å². The second-order valence-electron chi connectivity index (χ2n) is 3.83. The van der Waals surface area contributed by atoms with Gasteiger partial charge in [0.15, 0.2) is 5.65 Å². The average Bonchev–Trinajstić information content (AvgIpc) is 2.47. The fourth-order valence-corrected chi connectivity index (χ4v) is 1.76. The summed E-state index contributed by atoms with van der Waals surface area (Å²) in [5.41, 5.74) is 2.60. The molecule has 0 aliphatic carbocycles. The lowest BCUT2D eigenvalue weighted by Crippen LogP contribution is -1.94. The second-order valence-corrected chi connectivity index (χ2v) is 3.83. The molecule has 0 unspecified atom stereocenters. The highest BCUT2D eigenvalue weighted by Crippen LogP contribution is 2.20. The molecule has 18 heavy (non-hydrogen) atoms. The van der Waals surface area contributed by atoms with Gasteiger partial charge in [0.2, 0.25) is 0 Å². The molecule has 3 rings (SSSR count). The fraction of sp³-hybridized carbons (Fsp3) is 0.0714. The van der Waals surface area contributed by atoms with Crippen molar-refractivity contribution in [3.63, 3.8) is 0 Å². The number of fused-ring (bicyclic) bond motifs is 1. The number of hydrogen-bond donors (Lipinski definition) is 0.